The molecule has 8 rings (SSSR count). The number of hydrogen-bond donors (Lipinski definition) is 0. The van der Waals surface area contributed by atoms with Gasteiger partial charge in [0.05, 0.1) is 36.4 Å². The van der Waals surface area contributed by atoms with Gasteiger partial charge in [0, 0.05) is 82.4 Å². The fourth-order valence-electron chi connectivity index (χ4n) is 6.95. The molecule has 0 bridgehead atoms. The molecule has 0 spiro atoms. The molecule has 502 valence electrons. The molecule has 2 radical (unpaired) electrons. The van der Waals surface area contributed by atoms with Crippen LogP contribution in [0.25, 0.3) is 0 Å². The zero-order chi connectivity index (χ0) is 70.9. The predicted molar refractivity (Wildman–Crippen MR) is 360 cm³/mol. The molecule has 0 saturated heterocycles. The van der Waals surface area contributed by atoms with E-state index >= 15 is 0 Å². The minimum atomic E-state index is -6.00. The standard InChI is InChI=1S/2C25H22P2.6C2H3N.4BF4.2Re/c2*1-5-13-22(14-6-1)26(23-15-7-2-8-16-23)21-27(24-17-9-3-10-18-24)25-19-11-4-12-20-25;6*1-2-3;4*2-1(3,4)5;;/h2*1-20H,21H2;6*1H3;;;;;;/q;;;;;;;;4*-1;;/p+4. The molecule has 0 unspecified atom stereocenters. The molecular formula is C62H66B4F16N6P4Re2. The molecule has 0 heterocycles. The molecule has 0 aliphatic carbocycles. The second-order valence-corrected chi connectivity index (χ2v) is 27.8. The summed E-state index contributed by atoms with van der Waals surface area (Å²) in [7, 11) is -27.4. The van der Waals surface area contributed by atoms with Gasteiger partial charge >= 0.3 is 29.0 Å². The van der Waals surface area contributed by atoms with Crippen LogP contribution in [0.1, 0.15) is 41.5 Å². The van der Waals surface area contributed by atoms with Crippen LogP contribution in [0.15, 0.2) is 243 Å². The number of benzene rings is 8. The van der Waals surface area contributed by atoms with Gasteiger partial charge in [-0.05, 0) is 97.1 Å². The minimum Gasteiger partial charge on any atom is -0.418 e. The quantitative estimate of drug-likeness (QED) is 0.0677. The Hall–Kier alpha value is -7.12. The van der Waals surface area contributed by atoms with Crippen LogP contribution in [0, 0.1) is 68.0 Å². The maximum absolute atomic E-state index is 9.75. The smallest absolute Gasteiger partial charge is 0.418 e. The summed E-state index contributed by atoms with van der Waals surface area (Å²) in [6, 6.07) is 99.4. The second kappa shape index (κ2) is 60.8. The first-order valence-electron chi connectivity index (χ1n) is 26.5. The van der Waals surface area contributed by atoms with Crippen molar-refractivity contribution in [3.05, 3.63) is 243 Å². The van der Waals surface area contributed by atoms with Gasteiger partial charge in [-0.15, -0.1) is 0 Å². The number of hydrogen-bond acceptors (Lipinski definition) is 6. The zero-order valence-electron chi connectivity index (χ0n) is 51.3. The third-order valence-electron chi connectivity index (χ3n) is 9.69. The third-order valence-corrected chi connectivity index (χ3v) is 23.6. The van der Waals surface area contributed by atoms with Gasteiger partial charge in [0.25, 0.3) is 0 Å². The van der Waals surface area contributed by atoms with E-state index in [0.29, 0.717) is 0 Å². The van der Waals surface area contributed by atoms with Crippen LogP contribution in [0.5, 0.6) is 0 Å². The number of halogens is 16. The Labute approximate surface area is 573 Å². The van der Waals surface area contributed by atoms with Gasteiger partial charge in [-0.1, -0.05) is 146 Å². The van der Waals surface area contributed by atoms with Crippen molar-refractivity contribution in [2.45, 2.75) is 41.5 Å². The Balaban J connectivity index is -0.000000266. The summed E-state index contributed by atoms with van der Waals surface area (Å²) in [5, 5.41) is 55.9. The molecule has 0 saturated carbocycles. The number of rotatable bonds is 12. The van der Waals surface area contributed by atoms with Crippen LogP contribution >= 0.6 is 31.7 Å². The van der Waals surface area contributed by atoms with E-state index in [4.69, 9.17) is 31.6 Å². The van der Waals surface area contributed by atoms with Gasteiger partial charge in [0.1, 0.15) is 74.1 Å². The Morgan fingerprint density at radius 3 is 0.340 bits per heavy atom. The van der Waals surface area contributed by atoms with Gasteiger partial charge in [0.15, 0.2) is 11.8 Å². The van der Waals surface area contributed by atoms with Gasteiger partial charge in [0.2, 0.25) is 0 Å². The molecule has 0 aliphatic rings. The molecule has 94 heavy (non-hydrogen) atoms. The van der Waals surface area contributed by atoms with E-state index in [1.807, 2.05) is 0 Å². The maximum atomic E-state index is 9.75. The van der Waals surface area contributed by atoms with E-state index in [1.54, 1.807) is 36.4 Å². The topological polar surface area (TPSA) is 143 Å². The van der Waals surface area contributed by atoms with E-state index in [1.165, 1.54) is 95.8 Å². The Bertz CT molecular complexity index is 2670. The molecule has 0 atom stereocenters. The normalized spacial score (nSPS) is 9.40. The van der Waals surface area contributed by atoms with Crippen molar-refractivity contribution in [2.75, 3.05) is 11.8 Å². The summed E-state index contributed by atoms with van der Waals surface area (Å²) in [5.74, 6) is 2.49. The maximum Gasteiger partial charge on any atom is 0.673 e. The van der Waals surface area contributed by atoms with Crippen molar-refractivity contribution in [1.82, 2.24) is 0 Å². The number of nitrogens with zero attached hydrogens (tertiary/aromatic N) is 6. The summed E-state index contributed by atoms with van der Waals surface area (Å²) < 4.78 is 156. The van der Waals surface area contributed by atoms with Crippen molar-refractivity contribution < 1.29 is 110 Å². The molecular weight excluding hydrogens is 1670 g/mol. The van der Waals surface area contributed by atoms with Crippen LogP contribution in [0.3, 0.4) is 0 Å². The average Bonchev–Trinajstić information content (AvgIpc) is 0.836. The third kappa shape index (κ3) is 63.6. The van der Waals surface area contributed by atoms with Crippen molar-refractivity contribution in [3.63, 3.8) is 0 Å². The molecule has 0 aromatic heterocycles. The first kappa shape index (κ1) is 98.0. The summed E-state index contributed by atoms with van der Waals surface area (Å²) in [4.78, 5) is 0. The average molecular weight is 1740 g/mol. The van der Waals surface area contributed by atoms with Crippen molar-refractivity contribution >= 4 is 103 Å². The number of nitriles is 6. The van der Waals surface area contributed by atoms with Gasteiger partial charge in [-0.25, -0.2) is 0 Å². The van der Waals surface area contributed by atoms with E-state index in [2.05, 4.69) is 243 Å². The summed E-state index contributed by atoms with van der Waals surface area (Å²) in [5.41, 5.74) is 0. The van der Waals surface area contributed by atoms with Crippen molar-refractivity contribution in [3.8, 4) is 36.4 Å². The molecule has 32 heteroatoms. The van der Waals surface area contributed by atoms with Gasteiger partial charge in [-0.3, -0.25) is 0 Å². The molecule has 0 aliphatic heterocycles. The Kier molecular flexibility index (Phi) is 63.4. The van der Waals surface area contributed by atoms with E-state index in [-0.39, 0.29) is 40.8 Å². The molecule has 6 nitrogen and oxygen atoms in total. The molecule has 8 aromatic carbocycles. The van der Waals surface area contributed by atoms with E-state index < -0.39 is 60.7 Å². The van der Waals surface area contributed by atoms with Crippen LogP contribution in [-0.2, 0) is 40.8 Å². The SMILES string of the molecule is CC#N.CC#N.CC#N.CC#N.CC#N.CC#N.F[B-](F)(F)F.F[B-](F)(F)F.F[B-](F)(F)F.F[B-](F)(F)F.[Re].[Re].c1ccc([PH+](C[PH+](c2ccccc2)c2ccccc2)c2ccccc2)cc1.c1ccc([PH+](C[PH+](c2ccccc2)c2ccccc2)c2ccccc2)cc1. The van der Waals surface area contributed by atoms with E-state index in [0.717, 1.165) is 0 Å². The van der Waals surface area contributed by atoms with Crippen molar-refractivity contribution in [1.29, 1.82) is 31.6 Å². The zero-order valence-corrected chi connectivity index (χ0v) is 60.7. The molecule has 0 N–H and O–H groups in total. The Morgan fingerprint density at radius 1 is 0.213 bits per heavy atom. The Morgan fingerprint density at radius 2 is 0.277 bits per heavy atom. The first-order chi connectivity index (χ1) is 43.3. The molecule has 0 fully saturated rings. The van der Waals surface area contributed by atoms with Crippen LogP contribution < -0.4 is 42.4 Å². The summed E-state index contributed by atoms with van der Waals surface area (Å²) in [6.45, 7) is 8.58. The largest absolute Gasteiger partial charge is 0.673 e. The van der Waals surface area contributed by atoms with E-state index in [9.17, 15) is 69.1 Å². The fourth-order valence-corrected chi connectivity index (χ4v) is 22.4. The monoisotopic (exact) mass is 1740 g/mol. The summed E-state index contributed by atoms with van der Waals surface area (Å²) in [6.07, 6.45) is 0. The van der Waals surface area contributed by atoms with Crippen LogP contribution in [0.2, 0.25) is 0 Å². The van der Waals surface area contributed by atoms with Crippen LogP contribution in [0.4, 0.5) is 69.1 Å². The van der Waals surface area contributed by atoms with Crippen LogP contribution in [-0.4, -0.2) is 40.8 Å². The van der Waals surface area contributed by atoms with Gasteiger partial charge in [-0.2, -0.15) is 31.6 Å². The minimum absolute atomic E-state index is 0. The first-order valence-corrected chi connectivity index (χ1v) is 33.4. The molecule has 0 amide bonds. The summed E-state index contributed by atoms with van der Waals surface area (Å²) >= 11 is 0. The van der Waals surface area contributed by atoms with Crippen molar-refractivity contribution in [2.24, 2.45) is 0 Å². The van der Waals surface area contributed by atoms with Gasteiger partial charge < -0.3 is 69.1 Å². The second-order valence-electron chi connectivity index (χ2n) is 16.5. The molecule has 8 aromatic rings. The fraction of sp³-hybridized carbons (Fsp3) is 0.129. The predicted octanol–water partition coefficient (Wildman–Crippen LogP) is 17.7.